The van der Waals surface area contributed by atoms with Gasteiger partial charge >= 0.3 is 0 Å². The molecular formula is C13H17F2N. The second kappa shape index (κ2) is 4.50. The lowest BCUT2D eigenvalue weighted by atomic mass is 9.85. The fourth-order valence-electron chi connectivity index (χ4n) is 2.43. The molecule has 3 heteroatoms. The van der Waals surface area contributed by atoms with Gasteiger partial charge in [0.1, 0.15) is 11.6 Å². The van der Waals surface area contributed by atoms with Crippen LogP contribution in [0.2, 0.25) is 0 Å². The molecule has 0 radical (unpaired) electrons. The van der Waals surface area contributed by atoms with Gasteiger partial charge in [-0.2, -0.15) is 0 Å². The van der Waals surface area contributed by atoms with Crippen molar-refractivity contribution in [2.75, 3.05) is 13.1 Å². The maximum atomic E-state index is 13.9. The van der Waals surface area contributed by atoms with Crippen LogP contribution in [0.1, 0.15) is 30.4 Å². The summed E-state index contributed by atoms with van der Waals surface area (Å²) < 4.78 is 27.6. The van der Waals surface area contributed by atoms with Crippen molar-refractivity contribution in [1.82, 2.24) is 5.32 Å². The lowest BCUT2D eigenvalue weighted by Gasteiger charge is -2.28. The van der Waals surface area contributed by atoms with Gasteiger partial charge in [0.25, 0.3) is 0 Å². The van der Waals surface area contributed by atoms with Gasteiger partial charge in [-0.3, -0.25) is 0 Å². The van der Waals surface area contributed by atoms with Gasteiger partial charge in [0.2, 0.25) is 0 Å². The largest absolute Gasteiger partial charge is 0.316 e. The molecule has 1 aliphatic rings. The molecule has 2 rings (SSSR count). The molecule has 0 saturated carbocycles. The molecule has 1 aromatic carbocycles. The van der Waals surface area contributed by atoms with Crippen LogP contribution in [-0.4, -0.2) is 13.1 Å². The van der Waals surface area contributed by atoms with Crippen LogP contribution in [0.5, 0.6) is 0 Å². The van der Waals surface area contributed by atoms with Crippen molar-refractivity contribution in [3.63, 3.8) is 0 Å². The molecule has 1 nitrogen and oxygen atoms in total. The number of aryl methyl sites for hydroxylation is 1. The van der Waals surface area contributed by atoms with Gasteiger partial charge in [-0.25, -0.2) is 8.78 Å². The average Bonchev–Trinajstić information content (AvgIpc) is 2.24. The third-order valence-corrected chi connectivity index (χ3v) is 3.30. The zero-order valence-electron chi connectivity index (χ0n) is 9.69. The maximum Gasteiger partial charge on any atom is 0.132 e. The molecule has 0 aliphatic carbocycles. The monoisotopic (exact) mass is 225 g/mol. The summed E-state index contributed by atoms with van der Waals surface area (Å²) in [6.45, 7) is 5.38. The second-order valence-corrected chi connectivity index (χ2v) is 4.79. The summed E-state index contributed by atoms with van der Waals surface area (Å²) in [5.41, 5.74) is 0.786. The predicted molar refractivity (Wildman–Crippen MR) is 60.5 cm³/mol. The number of nitrogens with one attached hydrogen (secondary N) is 1. The van der Waals surface area contributed by atoms with Crippen LogP contribution in [0.3, 0.4) is 0 Å². The molecule has 0 aromatic heterocycles. The zero-order valence-corrected chi connectivity index (χ0v) is 9.69. The number of halogens is 2. The third kappa shape index (κ3) is 2.09. The van der Waals surface area contributed by atoms with E-state index in [4.69, 9.17) is 0 Å². The van der Waals surface area contributed by atoms with Gasteiger partial charge in [-0.15, -0.1) is 0 Å². The van der Waals surface area contributed by atoms with E-state index in [1.165, 1.54) is 12.1 Å². The van der Waals surface area contributed by atoms with Crippen LogP contribution in [0.25, 0.3) is 0 Å². The summed E-state index contributed by atoms with van der Waals surface area (Å²) >= 11 is 0. The molecule has 1 N–H and O–H groups in total. The third-order valence-electron chi connectivity index (χ3n) is 3.30. The van der Waals surface area contributed by atoms with Gasteiger partial charge in [0.05, 0.1) is 0 Å². The van der Waals surface area contributed by atoms with E-state index in [-0.39, 0.29) is 17.3 Å². The molecule has 1 saturated heterocycles. The zero-order chi connectivity index (χ0) is 11.7. The number of piperidine rings is 1. The minimum absolute atomic E-state index is 0.0383. The number of benzene rings is 1. The summed E-state index contributed by atoms with van der Waals surface area (Å²) in [6.07, 6.45) is 0.851. The Bertz CT molecular complexity index is 390. The number of rotatable bonds is 1. The molecule has 1 aromatic rings. The Morgan fingerprint density at radius 3 is 2.69 bits per heavy atom. The molecule has 1 heterocycles. The standard InChI is InChI=1S/C13H17F2N/c1-8-5-10(7-16-6-8)12-11(14)4-3-9(2)13(12)15/h3-4,8,10,16H,5-7H2,1-2H3. The minimum atomic E-state index is -0.413. The average molecular weight is 225 g/mol. The Labute approximate surface area is 94.9 Å². The first-order valence-corrected chi connectivity index (χ1v) is 5.74. The minimum Gasteiger partial charge on any atom is -0.316 e. The van der Waals surface area contributed by atoms with Gasteiger partial charge < -0.3 is 5.32 Å². The Morgan fingerprint density at radius 1 is 1.25 bits per heavy atom. The molecule has 1 fully saturated rings. The summed E-state index contributed by atoms with van der Waals surface area (Å²) in [5, 5.41) is 3.22. The number of hydrogen-bond donors (Lipinski definition) is 1. The maximum absolute atomic E-state index is 13.9. The highest BCUT2D eigenvalue weighted by atomic mass is 19.1. The van der Waals surface area contributed by atoms with E-state index in [0.29, 0.717) is 18.0 Å². The van der Waals surface area contributed by atoms with E-state index in [2.05, 4.69) is 12.2 Å². The number of hydrogen-bond acceptors (Lipinski definition) is 1. The van der Waals surface area contributed by atoms with E-state index in [9.17, 15) is 8.78 Å². The van der Waals surface area contributed by atoms with Crippen LogP contribution in [0, 0.1) is 24.5 Å². The topological polar surface area (TPSA) is 12.0 Å². The van der Waals surface area contributed by atoms with Crippen LogP contribution in [-0.2, 0) is 0 Å². The van der Waals surface area contributed by atoms with Gasteiger partial charge in [-0.1, -0.05) is 13.0 Å². The summed E-state index contributed by atoms with van der Waals surface area (Å²) in [6, 6.07) is 2.86. The first-order chi connectivity index (χ1) is 7.59. The van der Waals surface area contributed by atoms with E-state index >= 15 is 0 Å². The Hall–Kier alpha value is -0.960. The Balaban J connectivity index is 2.35. The van der Waals surface area contributed by atoms with Crippen LogP contribution < -0.4 is 5.32 Å². The molecule has 16 heavy (non-hydrogen) atoms. The quantitative estimate of drug-likeness (QED) is 0.774. The summed E-state index contributed by atoms with van der Waals surface area (Å²) in [7, 11) is 0. The van der Waals surface area contributed by atoms with Crippen LogP contribution in [0.4, 0.5) is 8.78 Å². The van der Waals surface area contributed by atoms with E-state index in [1.807, 2.05) is 0 Å². The normalized spacial score (nSPS) is 25.8. The highest BCUT2D eigenvalue weighted by Crippen LogP contribution is 2.31. The molecule has 0 bridgehead atoms. The van der Waals surface area contributed by atoms with Crippen molar-refractivity contribution in [3.05, 3.63) is 34.9 Å². The fourth-order valence-corrected chi connectivity index (χ4v) is 2.43. The van der Waals surface area contributed by atoms with Gasteiger partial charge in [-0.05, 0) is 37.4 Å². The van der Waals surface area contributed by atoms with E-state index in [0.717, 1.165) is 13.0 Å². The van der Waals surface area contributed by atoms with Crippen molar-refractivity contribution < 1.29 is 8.78 Å². The summed E-state index contributed by atoms with van der Waals surface area (Å²) in [4.78, 5) is 0. The van der Waals surface area contributed by atoms with Crippen molar-refractivity contribution in [1.29, 1.82) is 0 Å². The highest BCUT2D eigenvalue weighted by molar-refractivity contribution is 5.30. The molecule has 1 aliphatic heterocycles. The molecule has 2 unspecified atom stereocenters. The smallest absolute Gasteiger partial charge is 0.132 e. The Morgan fingerprint density at radius 2 is 2.00 bits per heavy atom. The highest BCUT2D eigenvalue weighted by Gasteiger charge is 2.25. The van der Waals surface area contributed by atoms with Crippen molar-refractivity contribution >= 4 is 0 Å². The van der Waals surface area contributed by atoms with Gasteiger partial charge in [0, 0.05) is 18.0 Å². The molecule has 2 atom stereocenters. The lowest BCUT2D eigenvalue weighted by Crippen LogP contribution is -2.34. The second-order valence-electron chi connectivity index (χ2n) is 4.79. The first-order valence-electron chi connectivity index (χ1n) is 5.74. The predicted octanol–water partition coefficient (Wildman–Crippen LogP) is 2.99. The molecule has 0 spiro atoms. The molecule has 88 valence electrons. The van der Waals surface area contributed by atoms with E-state index in [1.54, 1.807) is 6.92 Å². The van der Waals surface area contributed by atoms with Gasteiger partial charge in [0.15, 0.2) is 0 Å². The Kier molecular flexibility index (Phi) is 3.24. The summed E-state index contributed by atoms with van der Waals surface area (Å²) in [5.74, 6) is -0.355. The SMILES string of the molecule is Cc1ccc(F)c(C2CNCC(C)C2)c1F. The molecule has 0 amide bonds. The first kappa shape index (κ1) is 11.5. The van der Waals surface area contributed by atoms with Crippen molar-refractivity contribution in [3.8, 4) is 0 Å². The van der Waals surface area contributed by atoms with Crippen LogP contribution in [0.15, 0.2) is 12.1 Å². The van der Waals surface area contributed by atoms with Crippen molar-refractivity contribution in [2.24, 2.45) is 5.92 Å². The van der Waals surface area contributed by atoms with E-state index < -0.39 is 5.82 Å². The van der Waals surface area contributed by atoms with Crippen LogP contribution >= 0.6 is 0 Å². The lowest BCUT2D eigenvalue weighted by molar-refractivity contribution is 0.349. The van der Waals surface area contributed by atoms with Crippen molar-refractivity contribution in [2.45, 2.75) is 26.2 Å². The molecular weight excluding hydrogens is 208 g/mol. The fraction of sp³-hybridized carbons (Fsp3) is 0.538.